The highest BCUT2D eigenvalue weighted by Crippen LogP contribution is 2.45. The van der Waals surface area contributed by atoms with Gasteiger partial charge in [-0.25, -0.2) is 0 Å². The van der Waals surface area contributed by atoms with Gasteiger partial charge in [0.25, 0.3) is 0 Å². The molecule has 1 nitrogen and oxygen atoms in total. The van der Waals surface area contributed by atoms with Gasteiger partial charge in [0.05, 0.1) is 16.7 Å². The van der Waals surface area contributed by atoms with Gasteiger partial charge in [0.1, 0.15) is 0 Å². The molecule has 0 bridgehead atoms. The molecule has 175 valence electrons. The van der Waals surface area contributed by atoms with Crippen LogP contribution in [0.5, 0.6) is 0 Å². The molecule has 0 saturated heterocycles. The molecular weight excluding hydrogens is 457 g/mol. The van der Waals surface area contributed by atoms with Crippen LogP contribution < -0.4 is 0 Å². The highest BCUT2D eigenvalue weighted by molar-refractivity contribution is 6.22. The SMILES string of the molecule is [B].c1ccc2c(-c3c4ccccc4c(-n4c5ccccc5c5ccccc54)c4ccccc34)cccc2c1. The highest BCUT2D eigenvalue weighted by atomic mass is 15.0. The van der Waals surface area contributed by atoms with Gasteiger partial charge in [0.15, 0.2) is 0 Å². The Balaban J connectivity index is 0.00000242. The molecule has 8 aromatic rings. The minimum atomic E-state index is 0. The molecule has 7 aromatic carbocycles. The summed E-state index contributed by atoms with van der Waals surface area (Å²) in [6, 6.07) is 50.7. The van der Waals surface area contributed by atoms with Gasteiger partial charge in [-0.3, -0.25) is 0 Å². The fourth-order valence-corrected chi connectivity index (χ4v) is 6.24. The van der Waals surface area contributed by atoms with Crippen molar-refractivity contribution in [2.45, 2.75) is 0 Å². The zero-order valence-electron chi connectivity index (χ0n) is 20.8. The first-order valence-corrected chi connectivity index (χ1v) is 12.8. The maximum atomic E-state index is 2.47. The van der Waals surface area contributed by atoms with Crippen molar-refractivity contribution in [1.82, 2.24) is 4.57 Å². The van der Waals surface area contributed by atoms with Crippen molar-refractivity contribution in [2.75, 3.05) is 0 Å². The van der Waals surface area contributed by atoms with Crippen molar-refractivity contribution in [2.24, 2.45) is 0 Å². The second kappa shape index (κ2) is 8.64. The number of aromatic nitrogens is 1. The molecule has 0 aliphatic heterocycles. The van der Waals surface area contributed by atoms with Crippen molar-refractivity contribution >= 4 is 62.5 Å². The summed E-state index contributed by atoms with van der Waals surface area (Å²) in [6.45, 7) is 0. The van der Waals surface area contributed by atoms with Crippen LogP contribution in [0.3, 0.4) is 0 Å². The third-order valence-corrected chi connectivity index (χ3v) is 7.77. The maximum absolute atomic E-state index is 2.47. The minimum absolute atomic E-state index is 0. The normalized spacial score (nSPS) is 11.5. The van der Waals surface area contributed by atoms with Gasteiger partial charge in [-0.15, -0.1) is 0 Å². The van der Waals surface area contributed by atoms with E-state index in [1.165, 1.54) is 70.9 Å². The largest absolute Gasteiger partial charge is 0.308 e. The molecule has 0 spiro atoms. The van der Waals surface area contributed by atoms with Crippen LogP contribution >= 0.6 is 0 Å². The monoisotopic (exact) mass is 480 g/mol. The van der Waals surface area contributed by atoms with Gasteiger partial charge < -0.3 is 4.57 Å². The molecule has 0 N–H and O–H groups in total. The van der Waals surface area contributed by atoms with E-state index in [0.717, 1.165) is 0 Å². The van der Waals surface area contributed by atoms with Gasteiger partial charge in [-0.05, 0) is 44.8 Å². The van der Waals surface area contributed by atoms with Crippen molar-refractivity contribution in [3.63, 3.8) is 0 Å². The average molecular weight is 480 g/mol. The number of para-hydroxylation sites is 2. The molecule has 0 aliphatic rings. The fourth-order valence-electron chi connectivity index (χ4n) is 6.24. The van der Waals surface area contributed by atoms with E-state index in [9.17, 15) is 0 Å². The van der Waals surface area contributed by atoms with Crippen molar-refractivity contribution in [3.8, 4) is 16.8 Å². The van der Waals surface area contributed by atoms with E-state index < -0.39 is 0 Å². The van der Waals surface area contributed by atoms with Crippen LogP contribution in [0.25, 0.3) is 70.9 Å². The molecule has 0 saturated carbocycles. The number of benzene rings is 7. The first-order valence-electron chi connectivity index (χ1n) is 12.8. The quantitative estimate of drug-likeness (QED) is 0.172. The van der Waals surface area contributed by atoms with Crippen LogP contribution in [0.1, 0.15) is 0 Å². The molecular formula is C36H23BN. The average Bonchev–Trinajstić information content (AvgIpc) is 3.30. The van der Waals surface area contributed by atoms with E-state index in [-0.39, 0.29) is 8.41 Å². The summed E-state index contributed by atoms with van der Waals surface area (Å²) in [5, 5.41) is 10.2. The second-order valence-electron chi connectivity index (χ2n) is 9.71. The van der Waals surface area contributed by atoms with Crippen molar-refractivity contribution in [3.05, 3.63) is 140 Å². The summed E-state index contributed by atoms with van der Waals surface area (Å²) in [4.78, 5) is 0. The Morgan fingerprint density at radius 1 is 0.342 bits per heavy atom. The van der Waals surface area contributed by atoms with Crippen LogP contribution in [0.15, 0.2) is 140 Å². The summed E-state index contributed by atoms with van der Waals surface area (Å²) in [7, 11) is 0. The molecule has 1 aromatic heterocycles. The molecule has 8 rings (SSSR count). The Labute approximate surface area is 223 Å². The molecule has 38 heavy (non-hydrogen) atoms. The molecule has 3 radical (unpaired) electrons. The van der Waals surface area contributed by atoms with E-state index in [0.29, 0.717) is 0 Å². The van der Waals surface area contributed by atoms with Gasteiger partial charge in [-0.2, -0.15) is 0 Å². The lowest BCUT2D eigenvalue weighted by atomic mass is 9.88. The Morgan fingerprint density at radius 3 is 1.34 bits per heavy atom. The van der Waals surface area contributed by atoms with E-state index in [4.69, 9.17) is 0 Å². The lowest BCUT2D eigenvalue weighted by Gasteiger charge is -2.20. The Morgan fingerprint density at radius 2 is 0.763 bits per heavy atom. The summed E-state index contributed by atoms with van der Waals surface area (Å²) in [5.74, 6) is 0. The molecule has 0 amide bonds. The highest BCUT2D eigenvalue weighted by Gasteiger charge is 2.20. The smallest absolute Gasteiger partial charge is 0.0619 e. The van der Waals surface area contributed by atoms with E-state index in [1.807, 2.05) is 0 Å². The number of hydrogen-bond acceptors (Lipinski definition) is 0. The summed E-state index contributed by atoms with van der Waals surface area (Å²) < 4.78 is 2.47. The molecule has 0 atom stereocenters. The first-order chi connectivity index (χ1) is 18.4. The lowest BCUT2D eigenvalue weighted by molar-refractivity contribution is 1.21. The predicted octanol–water partition coefficient (Wildman–Crippen LogP) is 9.53. The van der Waals surface area contributed by atoms with Crippen LogP contribution in [0, 0.1) is 0 Å². The predicted molar refractivity (Wildman–Crippen MR) is 164 cm³/mol. The number of fused-ring (bicyclic) bond motifs is 6. The molecule has 0 aliphatic carbocycles. The lowest BCUT2D eigenvalue weighted by Crippen LogP contribution is -1.99. The standard InChI is InChI=1S/C36H23N.B/c1-2-14-25-24(12-1)13-11-21-28(25)35-29-17-3-5-19-31(29)36(32-20-6-4-18-30(32)35)37-33-22-9-7-15-26(33)27-16-8-10-23-34(27)37;/h1-23H;. The number of nitrogens with zero attached hydrogens (tertiary/aromatic N) is 1. The topological polar surface area (TPSA) is 4.93 Å². The van der Waals surface area contributed by atoms with E-state index in [2.05, 4.69) is 144 Å². The molecule has 0 fully saturated rings. The van der Waals surface area contributed by atoms with Crippen LogP contribution in [-0.4, -0.2) is 13.0 Å². The fraction of sp³-hybridized carbons (Fsp3) is 0. The summed E-state index contributed by atoms with van der Waals surface area (Å²) in [6.07, 6.45) is 0. The Hall–Kier alpha value is -4.82. The van der Waals surface area contributed by atoms with Crippen molar-refractivity contribution in [1.29, 1.82) is 0 Å². The number of rotatable bonds is 2. The summed E-state index contributed by atoms with van der Waals surface area (Å²) in [5.41, 5.74) is 6.29. The minimum Gasteiger partial charge on any atom is -0.308 e. The van der Waals surface area contributed by atoms with Gasteiger partial charge in [0.2, 0.25) is 0 Å². The van der Waals surface area contributed by atoms with Crippen molar-refractivity contribution < 1.29 is 0 Å². The third-order valence-electron chi connectivity index (χ3n) is 7.77. The van der Waals surface area contributed by atoms with Crippen LogP contribution in [-0.2, 0) is 0 Å². The maximum Gasteiger partial charge on any atom is 0.0619 e. The second-order valence-corrected chi connectivity index (χ2v) is 9.71. The van der Waals surface area contributed by atoms with E-state index >= 15 is 0 Å². The molecule has 0 unspecified atom stereocenters. The zero-order chi connectivity index (χ0) is 24.3. The third kappa shape index (κ3) is 3.07. The zero-order valence-corrected chi connectivity index (χ0v) is 20.8. The van der Waals surface area contributed by atoms with Gasteiger partial charge >= 0.3 is 0 Å². The van der Waals surface area contributed by atoms with Crippen LogP contribution in [0.4, 0.5) is 0 Å². The van der Waals surface area contributed by atoms with Gasteiger partial charge in [-0.1, -0.05) is 127 Å². The van der Waals surface area contributed by atoms with E-state index in [1.54, 1.807) is 0 Å². The molecule has 2 heteroatoms. The first kappa shape index (κ1) is 22.4. The van der Waals surface area contributed by atoms with Crippen LogP contribution in [0.2, 0.25) is 0 Å². The Kier molecular flexibility index (Phi) is 5.09. The molecule has 1 heterocycles. The number of hydrogen-bond donors (Lipinski definition) is 0. The van der Waals surface area contributed by atoms with Gasteiger partial charge in [0, 0.05) is 30.0 Å². The summed E-state index contributed by atoms with van der Waals surface area (Å²) >= 11 is 0. The Bertz CT molecular complexity index is 2040.